The van der Waals surface area contributed by atoms with Crippen molar-refractivity contribution in [2.45, 2.75) is 110 Å². The monoisotopic (exact) mass is 487 g/mol. The first-order chi connectivity index (χ1) is 15.2. The van der Waals surface area contributed by atoms with E-state index in [0.717, 1.165) is 0 Å². The second kappa shape index (κ2) is 12.7. The third-order valence-corrected chi connectivity index (χ3v) is 3.69. The van der Waals surface area contributed by atoms with Gasteiger partial charge in [-0.15, -0.1) is 0 Å². The first-order valence-corrected chi connectivity index (χ1v) is 11.2. The van der Waals surface area contributed by atoms with Gasteiger partial charge in [-0.2, -0.15) is 0 Å². The SMILES string of the molecule is CC(C)(C)OC(=O)CC[C@H](NC(=O)[C@H](CC(=O)OC(C)(C)C)NC(=O)CN)C(=O)OC(C)(C)C. The molecule has 0 bridgehead atoms. The van der Waals surface area contributed by atoms with Crippen LogP contribution >= 0.6 is 0 Å². The summed E-state index contributed by atoms with van der Waals surface area (Å²) in [6, 6.07) is -2.58. The lowest BCUT2D eigenvalue weighted by molar-refractivity contribution is -0.160. The second-order valence-corrected chi connectivity index (χ2v) is 10.8. The normalized spacial score (nSPS) is 13.8. The second-order valence-electron chi connectivity index (χ2n) is 10.8. The Hall–Kier alpha value is -2.69. The van der Waals surface area contributed by atoms with Gasteiger partial charge in [-0.1, -0.05) is 0 Å². The van der Waals surface area contributed by atoms with E-state index in [1.165, 1.54) is 0 Å². The summed E-state index contributed by atoms with van der Waals surface area (Å²) in [5.74, 6) is -3.56. The van der Waals surface area contributed by atoms with Crippen molar-refractivity contribution in [1.82, 2.24) is 10.6 Å². The number of nitrogens with one attached hydrogen (secondary N) is 2. The van der Waals surface area contributed by atoms with Crippen molar-refractivity contribution >= 4 is 29.7 Å². The molecule has 0 unspecified atom stereocenters. The Morgan fingerprint density at radius 1 is 0.706 bits per heavy atom. The number of hydrogen-bond donors (Lipinski definition) is 3. The summed E-state index contributed by atoms with van der Waals surface area (Å²) in [6.45, 7) is 14.7. The van der Waals surface area contributed by atoms with Crippen molar-refractivity contribution in [2.24, 2.45) is 5.73 Å². The molecule has 0 radical (unpaired) electrons. The molecular weight excluding hydrogens is 446 g/mol. The quantitative estimate of drug-likeness (QED) is 0.302. The maximum absolute atomic E-state index is 13.0. The van der Waals surface area contributed by atoms with Gasteiger partial charge in [0.2, 0.25) is 11.8 Å². The molecule has 0 aliphatic carbocycles. The lowest BCUT2D eigenvalue weighted by atomic mass is 10.1. The van der Waals surface area contributed by atoms with E-state index in [4.69, 9.17) is 19.9 Å². The summed E-state index contributed by atoms with van der Waals surface area (Å²) < 4.78 is 15.8. The molecule has 0 aromatic heterocycles. The Bertz CT molecular complexity index is 745. The van der Waals surface area contributed by atoms with Crippen molar-refractivity contribution < 1.29 is 38.2 Å². The molecule has 11 heteroatoms. The molecule has 0 aliphatic heterocycles. The van der Waals surface area contributed by atoms with Crippen LogP contribution in [0.15, 0.2) is 0 Å². The van der Waals surface area contributed by atoms with Crippen molar-refractivity contribution in [3.63, 3.8) is 0 Å². The molecule has 0 aromatic rings. The van der Waals surface area contributed by atoms with Gasteiger partial charge in [0.1, 0.15) is 28.9 Å². The summed E-state index contributed by atoms with van der Waals surface area (Å²) in [5.41, 5.74) is 2.95. The van der Waals surface area contributed by atoms with E-state index >= 15 is 0 Å². The summed E-state index contributed by atoms with van der Waals surface area (Å²) in [5, 5.41) is 4.82. The number of amides is 2. The highest BCUT2D eigenvalue weighted by molar-refractivity contribution is 5.93. The zero-order chi connectivity index (χ0) is 26.9. The molecule has 0 aliphatic rings. The number of hydrogen-bond acceptors (Lipinski definition) is 9. The van der Waals surface area contributed by atoms with Crippen molar-refractivity contribution in [3.8, 4) is 0 Å². The molecular formula is C23H41N3O8. The van der Waals surface area contributed by atoms with Crippen LogP contribution in [0.25, 0.3) is 0 Å². The summed E-state index contributed by atoms with van der Waals surface area (Å²) >= 11 is 0. The Morgan fingerprint density at radius 3 is 1.62 bits per heavy atom. The minimum Gasteiger partial charge on any atom is -0.460 e. The highest BCUT2D eigenvalue weighted by atomic mass is 16.6. The average Bonchev–Trinajstić information content (AvgIpc) is 2.59. The number of esters is 3. The highest BCUT2D eigenvalue weighted by Crippen LogP contribution is 2.14. The van der Waals surface area contributed by atoms with E-state index in [2.05, 4.69) is 10.6 Å². The molecule has 0 spiro atoms. The molecule has 0 heterocycles. The Labute approximate surface area is 201 Å². The maximum Gasteiger partial charge on any atom is 0.329 e. The fourth-order valence-corrected chi connectivity index (χ4v) is 2.56. The first-order valence-electron chi connectivity index (χ1n) is 11.2. The minimum atomic E-state index is -1.35. The molecule has 4 N–H and O–H groups in total. The van der Waals surface area contributed by atoms with Crippen molar-refractivity contribution in [1.29, 1.82) is 0 Å². The van der Waals surface area contributed by atoms with Gasteiger partial charge in [0.15, 0.2) is 0 Å². The van der Waals surface area contributed by atoms with Crippen LogP contribution in [0.1, 0.15) is 81.6 Å². The van der Waals surface area contributed by atoms with Gasteiger partial charge >= 0.3 is 17.9 Å². The van der Waals surface area contributed by atoms with E-state index in [1.807, 2.05) is 0 Å². The molecule has 2 amide bonds. The third kappa shape index (κ3) is 15.2. The van der Waals surface area contributed by atoms with Gasteiger partial charge < -0.3 is 30.6 Å². The lowest BCUT2D eigenvalue weighted by Crippen LogP contribution is -2.54. The summed E-state index contributed by atoms with van der Waals surface area (Å²) in [7, 11) is 0. The standard InChI is InChI=1S/C23H41N3O8/c1-21(2,3)32-17(28)11-10-14(20(31)34-23(7,8)9)26-19(30)15(25-16(27)13-24)12-18(29)33-22(4,5)6/h14-15H,10-13,24H2,1-9H3,(H,25,27)(H,26,30)/t14-,15-/m0/s1. The summed E-state index contributed by atoms with van der Waals surface area (Å²) in [6.07, 6.45) is -0.769. The zero-order valence-electron chi connectivity index (χ0n) is 21.8. The molecule has 2 atom stereocenters. The van der Waals surface area contributed by atoms with Crippen LogP contribution < -0.4 is 16.4 Å². The van der Waals surface area contributed by atoms with E-state index in [0.29, 0.717) is 0 Å². The van der Waals surface area contributed by atoms with Gasteiger partial charge in [0.25, 0.3) is 0 Å². The number of ether oxygens (including phenoxy) is 3. The molecule has 0 aromatic carbocycles. The maximum atomic E-state index is 13.0. The summed E-state index contributed by atoms with van der Waals surface area (Å²) in [4.78, 5) is 61.9. The van der Waals surface area contributed by atoms with E-state index in [1.54, 1.807) is 62.3 Å². The topological polar surface area (TPSA) is 163 Å². The number of carbonyl (C=O) groups excluding carboxylic acids is 5. The van der Waals surface area contributed by atoms with Crippen LogP contribution in [0.4, 0.5) is 0 Å². The number of rotatable bonds is 10. The van der Waals surface area contributed by atoms with E-state index in [-0.39, 0.29) is 12.8 Å². The Balaban J connectivity index is 5.59. The van der Waals surface area contributed by atoms with Crippen LogP contribution in [-0.2, 0) is 38.2 Å². The van der Waals surface area contributed by atoms with Crippen LogP contribution in [0.3, 0.4) is 0 Å². The van der Waals surface area contributed by atoms with Crippen LogP contribution in [0, 0.1) is 0 Å². The van der Waals surface area contributed by atoms with Gasteiger partial charge in [0, 0.05) is 6.42 Å². The molecule has 0 fully saturated rings. The molecule has 0 rings (SSSR count). The van der Waals surface area contributed by atoms with Crippen molar-refractivity contribution in [3.05, 3.63) is 0 Å². The minimum absolute atomic E-state index is 0.112. The van der Waals surface area contributed by atoms with Gasteiger partial charge in [-0.05, 0) is 68.7 Å². The average molecular weight is 488 g/mol. The fourth-order valence-electron chi connectivity index (χ4n) is 2.56. The highest BCUT2D eigenvalue weighted by Gasteiger charge is 2.32. The largest absolute Gasteiger partial charge is 0.460 e. The van der Waals surface area contributed by atoms with Gasteiger partial charge in [0.05, 0.1) is 13.0 Å². The predicted molar refractivity (Wildman–Crippen MR) is 124 cm³/mol. The fraction of sp³-hybridized carbons (Fsp3) is 0.783. The lowest BCUT2D eigenvalue weighted by Gasteiger charge is -2.27. The molecule has 11 nitrogen and oxygen atoms in total. The Morgan fingerprint density at radius 2 is 1.18 bits per heavy atom. The zero-order valence-corrected chi connectivity index (χ0v) is 21.8. The number of nitrogens with two attached hydrogens (primary N) is 1. The van der Waals surface area contributed by atoms with Crippen LogP contribution in [-0.4, -0.2) is 65.2 Å². The molecule has 34 heavy (non-hydrogen) atoms. The smallest absolute Gasteiger partial charge is 0.329 e. The van der Waals surface area contributed by atoms with Crippen LogP contribution in [0.2, 0.25) is 0 Å². The molecule has 0 saturated carbocycles. The van der Waals surface area contributed by atoms with Gasteiger partial charge in [-0.25, -0.2) is 4.79 Å². The van der Waals surface area contributed by atoms with E-state index in [9.17, 15) is 24.0 Å². The Kier molecular flexibility index (Phi) is 11.7. The first kappa shape index (κ1) is 31.3. The number of carbonyl (C=O) groups is 5. The van der Waals surface area contributed by atoms with Crippen molar-refractivity contribution in [2.75, 3.05) is 6.54 Å². The van der Waals surface area contributed by atoms with Gasteiger partial charge in [-0.3, -0.25) is 19.2 Å². The molecule has 0 saturated heterocycles. The molecule has 196 valence electrons. The van der Waals surface area contributed by atoms with E-state index < -0.39 is 71.6 Å². The van der Waals surface area contributed by atoms with Crippen LogP contribution in [0.5, 0.6) is 0 Å². The predicted octanol–water partition coefficient (Wildman–Crippen LogP) is 1.11. The third-order valence-electron chi connectivity index (χ3n) is 3.69.